The Hall–Kier alpha value is -3.59. The van der Waals surface area contributed by atoms with Crippen molar-refractivity contribution in [2.24, 2.45) is 11.7 Å². The van der Waals surface area contributed by atoms with Gasteiger partial charge in [0.2, 0.25) is 5.91 Å². The third-order valence-corrected chi connectivity index (χ3v) is 4.63. The summed E-state index contributed by atoms with van der Waals surface area (Å²) in [4.78, 5) is 36.2. The van der Waals surface area contributed by atoms with Crippen LogP contribution in [0.5, 0.6) is 5.75 Å². The van der Waals surface area contributed by atoms with Gasteiger partial charge in [0.15, 0.2) is 6.61 Å². The highest BCUT2D eigenvalue weighted by Gasteiger charge is 2.14. The van der Waals surface area contributed by atoms with Gasteiger partial charge in [0.1, 0.15) is 11.6 Å². The van der Waals surface area contributed by atoms with E-state index in [1.54, 1.807) is 32.0 Å². The van der Waals surface area contributed by atoms with Crippen molar-refractivity contribution in [3.63, 3.8) is 0 Å². The molecule has 6 N–H and O–H groups in total. The Morgan fingerprint density at radius 3 is 2.47 bits per heavy atom. The third kappa shape index (κ3) is 6.98. The lowest BCUT2D eigenvalue weighted by molar-refractivity contribution is -0.122. The van der Waals surface area contributed by atoms with Gasteiger partial charge in [0.25, 0.3) is 11.8 Å². The summed E-state index contributed by atoms with van der Waals surface area (Å²) < 4.78 is 5.54. The molecule has 9 nitrogen and oxygen atoms in total. The van der Waals surface area contributed by atoms with E-state index in [4.69, 9.17) is 27.5 Å². The van der Waals surface area contributed by atoms with Crippen LogP contribution >= 0.6 is 11.6 Å². The van der Waals surface area contributed by atoms with Gasteiger partial charge in [-0.1, -0.05) is 37.6 Å². The van der Waals surface area contributed by atoms with Gasteiger partial charge in [-0.25, -0.2) is 0 Å². The normalized spacial score (nSPS) is 10.4. The zero-order valence-electron chi connectivity index (χ0n) is 18.0. The van der Waals surface area contributed by atoms with Gasteiger partial charge < -0.3 is 26.4 Å². The number of carbonyl (C=O) groups is 3. The van der Waals surface area contributed by atoms with Gasteiger partial charge in [-0.3, -0.25) is 19.8 Å². The number of halogens is 1. The molecule has 0 spiro atoms. The Labute approximate surface area is 191 Å². The first-order valence-electron chi connectivity index (χ1n) is 9.81. The number of hydrogen-bond donors (Lipinski definition) is 5. The molecule has 0 aliphatic carbocycles. The van der Waals surface area contributed by atoms with Crippen LogP contribution in [-0.2, 0) is 16.1 Å². The number of nitrogens with two attached hydrogens (primary N) is 1. The van der Waals surface area contributed by atoms with Gasteiger partial charge in [-0.15, -0.1) is 0 Å². The summed E-state index contributed by atoms with van der Waals surface area (Å²) in [7, 11) is 1.49. The summed E-state index contributed by atoms with van der Waals surface area (Å²) in [6.07, 6.45) is 0. The summed E-state index contributed by atoms with van der Waals surface area (Å²) in [5.74, 6) is -0.999. The zero-order valence-corrected chi connectivity index (χ0v) is 18.8. The van der Waals surface area contributed by atoms with Crippen molar-refractivity contribution in [1.29, 1.82) is 5.41 Å². The molecular weight excluding hydrogens is 434 g/mol. The molecule has 0 bridgehead atoms. The second kappa shape index (κ2) is 11.1. The van der Waals surface area contributed by atoms with Gasteiger partial charge in [0, 0.05) is 46.9 Å². The van der Waals surface area contributed by atoms with Crippen LogP contribution in [0.15, 0.2) is 36.4 Å². The highest BCUT2D eigenvalue weighted by atomic mass is 35.5. The summed E-state index contributed by atoms with van der Waals surface area (Å²) in [6, 6.07) is 9.39. The van der Waals surface area contributed by atoms with Crippen molar-refractivity contribution >= 4 is 40.8 Å². The van der Waals surface area contributed by atoms with Crippen molar-refractivity contribution in [2.45, 2.75) is 20.4 Å². The number of benzene rings is 2. The number of nitrogens with one attached hydrogen (secondary N) is 4. The minimum atomic E-state index is -0.416. The Morgan fingerprint density at radius 2 is 1.84 bits per heavy atom. The maximum absolute atomic E-state index is 12.7. The van der Waals surface area contributed by atoms with Crippen molar-refractivity contribution in [2.75, 3.05) is 19.0 Å². The Morgan fingerprint density at radius 1 is 1.12 bits per heavy atom. The first-order valence-corrected chi connectivity index (χ1v) is 10.2. The van der Waals surface area contributed by atoms with Crippen LogP contribution in [-0.4, -0.2) is 37.2 Å². The van der Waals surface area contributed by atoms with E-state index in [0.717, 1.165) is 0 Å². The predicted molar refractivity (Wildman–Crippen MR) is 123 cm³/mol. The number of nitrogen functional groups attached to an aromatic ring is 1. The SMILES string of the molecule is CNC(=O)COc1cc(C(=N)N)ccc1CNC(=O)c1cc(Cl)cc(NC(=O)C(C)C)c1. The molecule has 0 aliphatic heterocycles. The van der Waals surface area contributed by atoms with E-state index >= 15 is 0 Å². The lowest BCUT2D eigenvalue weighted by Gasteiger charge is -2.14. The Bertz CT molecular complexity index is 1040. The molecule has 2 aromatic carbocycles. The molecule has 0 fully saturated rings. The highest BCUT2D eigenvalue weighted by Crippen LogP contribution is 2.22. The van der Waals surface area contributed by atoms with Crippen LogP contribution in [0, 0.1) is 11.3 Å². The monoisotopic (exact) mass is 459 g/mol. The van der Waals surface area contributed by atoms with E-state index in [0.29, 0.717) is 27.6 Å². The van der Waals surface area contributed by atoms with Crippen LogP contribution in [0.1, 0.15) is 35.3 Å². The average molecular weight is 460 g/mol. The number of amides is 3. The summed E-state index contributed by atoms with van der Waals surface area (Å²) >= 11 is 6.11. The number of amidine groups is 1. The summed E-state index contributed by atoms with van der Waals surface area (Å²) in [5, 5.41) is 15.8. The molecule has 170 valence electrons. The van der Waals surface area contributed by atoms with Gasteiger partial charge in [0.05, 0.1) is 0 Å². The maximum Gasteiger partial charge on any atom is 0.257 e. The zero-order chi connectivity index (χ0) is 23.8. The van der Waals surface area contributed by atoms with Crippen molar-refractivity contribution in [3.05, 3.63) is 58.1 Å². The van der Waals surface area contributed by atoms with Gasteiger partial charge >= 0.3 is 0 Å². The molecule has 0 heterocycles. The average Bonchev–Trinajstić information content (AvgIpc) is 2.75. The predicted octanol–water partition coefficient (Wildman–Crippen LogP) is 2.27. The van der Waals surface area contributed by atoms with Crippen LogP contribution in [0.2, 0.25) is 5.02 Å². The quantitative estimate of drug-likeness (QED) is 0.288. The lowest BCUT2D eigenvalue weighted by atomic mass is 10.1. The van der Waals surface area contributed by atoms with Crippen molar-refractivity contribution in [1.82, 2.24) is 10.6 Å². The Kier molecular flexibility index (Phi) is 8.60. The summed E-state index contributed by atoms with van der Waals surface area (Å²) in [6.45, 7) is 3.37. The van der Waals surface area contributed by atoms with Crippen LogP contribution in [0.25, 0.3) is 0 Å². The van der Waals surface area contributed by atoms with E-state index in [1.807, 2.05) is 0 Å². The number of ether oxygens (including phenoxy) is 1. The molecule has 0 radical (unpaired) electrons. The molecule has 0 saturated carbocycles. The fraction of sp³-hybridized carbons (Fsp3) is 0.273. The van der Waals surface area contributed by atoms with Crippen LogP contribution in [0.3, 0.4) is 0 Å². The van der Waals surface area contributed by atoms with Gasteiger partial charge in [-0.2, -0.15) is 0 Å². The second-order valence-corrected chi connectivity index (χ2v) is 7.69. The lowest BCUT2D eigenvalue weighted by Crippen LogP contribution is -2.26. The Balaban J connectivity index is 2.18. The number of anilines is 1. The molecule has 2 aromatic rings. The minimum Gasteiger partial charge on any atom is -0.483 e. The smallest absolute Gasteiger partial charge is 0.257 e. The van der Waals surface area contributed by atoms with E-state index in [9.17, 15) is 14.4 Å². The topological polar surface area (TPSA) is 146 Å². The first-order chi connectivity index (χ1) is 15.1. The fourth-order valence-corrected chi connectivity index (χ4v) is 2.81. The number of hydrogen-bond acceptors (Lipinski definition) is 5. The third-order valence-electron chi connectivity index (χ3n) is 4.41. The number of carbonyl (C=O) groups excluding carboxylic acids is 3. The molecule has 10 heteroatoms. The molecule has 0 saturated heterocycles. The summed E-state index contributed by atoms with van der Waals surface area (Å²) in [5.41, 5.74) is 7.23. The van der Waals surface area contributed by atoms with Crippen LogP contribution in [0.4, 0.5) is 5.69 Å². The molecule has 0 atom stereocenters. The van der Waals surface area contributed by atoms with Crippen LogP contribution < -0.4 is 26.4 Å². The molecule has 0 unspecified atom stereocenters. The van der Waals surface area contributed by atoms with Crippen molar-refractivity contribution < 1.29 is 19.1 Å². The van der Waals surface area contributed by atoms with Crippen molar-refractivity contribution in [3.8, 4) is 5.75 Å². The maximum atomic E-state index is 12.7. The number of likely N-dealkylation sites (N-methyl/N-ethyl adjacent to an activating group) is 1. The molecule has 3 amide bonds. The molecule has 0 aromatic heterocycles. The second-order valence-electron chi connectivity index (χ2n) is 7.25. The molecule has 32 heavy (non-hydrogen) atoms. The van der Waals surface area contributed by atoms with E-state index < -0.39 is 5.91 Å². The first kappa shape index (κ1) is 24.7. The molecular formula is C22H26ClN5O4. The van der Waals surface area contributed by atoms with E-state index in [-0.39, 0.29) is 42.3 Å². The standard InChI is InChI=1S/C22H26ClN5O4/c1-12(2)21(30)28-17-7-15(6-16(23)9-17)22(31)27-10-14-5-4-13(20(24)25)8-18(14)32-11-19(29)26-3/h4-9,12H,10-11H2,1-3H3,(H3,24,25)(H,26,29)(H,27,31)(H,28,30). The highest BCUT2D eigenvalue weighted by molar-refractivity contribution is 6.31. The minimum absolute atomic E-state index is 0.0836. The molecule has 2 rings (SSSR count). The van der Waals surface area contributed by atoms with E-state index in [1.165, 1.54) is 25.2 Å². The fourth-order valence-electron chi connectivity index (χ4n) is 2.58. The van der Waals surface area contributed by atoms with E-state index in [2.05, 4.69) is 16.0 Å². The largest absolute Gasteiger partial charge is 0.483 e. The molecule has 0 aliphatic rings. The number of rotatable bonds is 9. The van der Waals surface area contributed by atoms with Gasteiger partial charge in [-0.05, 0) is 24.3 Å².